The van der Waals surface area contributed by atoms with Crippen molar-refractivity contribution in [2.45, 2.75) is 0 Å². The van der Waals surface area contributed by atoms with Crippen LogP contribution in [0.2, 0.25) is 5.02 Å². The molecule has 0 aliphatic rings. The van der Waals surface area contributed by atoms with E-state index in [9.17, 15) is 0 Å². The van der Waals surface area contributed by atoms with Gasteiger partial charge in [0, 0.05) is 6.20 Å². The summed E-state index contributed by atoms with van der Waals surface area (Å²) in [6.45, 7) is 0. The molecular weight excluding hydrogens is 176 g/mol. The normalized spacial score (nSPS) is 10.0. The Balaban J connectivity index is 2.77. The first-order valence-electron chi connectivity index (χ1n) is 3.21. The molecule has 0 saturated heterocycles. The van der Waals surface area contributed by atoms with Crippen LogP contribution in [0, 0.1) is 11.3 Å². The molecule has 0 bridgehead atoms. The van der Waals surface area contributed by atoms with Crippen LogP contribution in [0.5, 0.6) is 0 Å². The van der Waals surface area contributed by atoms with E-state index in [4.69, 9.17) is 16.9 Å². The van der Waals surface area contributed by atoms with E-state index >= 15 is 0 Å². The Morgan fingerprint density at radius 1 is 1.50 bits per heavy atom. The number of nitriles is 1. The zero-order chi connectivity index (χ0) is 8.55. The summed E-state index contributed by atoms with van der Waals surface area (Å²) in [6.07, 6.45) is 1.60. The molecule has 0 aliphatic heterocycles. The van der Waals surface area contributed by atoms with Gasteiger partial charge < -0.3 is 0 Å². The molecule has 4 nitrogen and oxygen atoms in total. The summed E-state index contributed by atoms with van der Waals surface area (Å²) in [4.78, 5) is 3.90. The van der Waals surface area contributed by atoms with Crippen LogP contribution < -0.4 is 0 Å². The first-order chi connectivity index (χ1) is 5.79. The van der Waals surface area contributed by atoms with Crippen LogP contribution in [0.15, 0.2) is 18.3 Å². The van der Waals surface area contributed by atoms with E-state index in [-0.39, 0.29) is 5.82 Å². The lowest BCUT2D eigenvalue weighted by molar-refractivity contribution is 0.949. The maximum atomic E-state index is 8.49. The van der Waals surface area contributed by atoms with Crippen LogP contribution in [0.1, 0.15) is 5.82 Å². The van der Waals surface area contributed by atoms with Crippen molar-refractivity contribution in [3.8, 4) is 6.07 Å². The molecule has 0 N–H and O–H groups in total. The topological polar surface area (TPSA) is 54.0 Å². The number of hydrogen-bond donors (Lipinski definition) is 0. The molecular formula is C7H3ClN4. The van der Waals surface area contributed by atoms with E-state index in [1.807, 2.05) is 6.07 Å². The molecule has 5 heteroatoms. The fourth-order valence-electron chi connectivity index (χ4n) is 0.905. The van der Waals surface area contributed by atoms with Gasteiger partial charge in [-0.2, -0.15) is 10.2 Å². The average Bonchev–Trinajstić information content (AvgIpc) is 2.46. The lowest BCUT2D eigenvalue weighted by Gasteiger charge is -1.89. The smallest absolute Gasteiger partial charge is 0.218 e. The van der Waals surface area contributed by atoms with Crippen LogP contribution in [-0.4, -0.2) is 14.6 Å². The fourth-order valence-corrected chi connectivity index (χ4v) is 1.06. The summed E-state index contributed by atoms with van der Waals surface area (Å²) in [5.41, 5.74) is 0.621. The van der Waals surface area contributed by atoms with Gasteiger partial charge in [-0.25, -0.2) is 4.52 Å². The van der Waals surface area contributed by atoms with Crippen LogP contribution in [0.3, 0.4) is 0 Å². The highest BCUT2D eigenvalue weighted by Gasteiger charge is 2.00. The van der Waals surface area contributed by atoms with Crippen molar-refractivity contribution in [1.29, 1.82) is 5.26 Å². The lowest BCUT2D eigenvalue weighted by Crippen LogP contribution is -1.85. The summed E-state index contributed by atoms with van der Waals surface area (Å²) in [7, 11) is 0. The number of halogens is 1. The van der Waals surface area contributed by atoms with E-state index in [2.05, 4.69) is 10.1 Å². The molecule has 0 amide bonds. The Hall–Kier alpha value is -1.60. The summed E-state index contributed by atoms with van der Waals surface area (Å²) in [6, 6.07) is 5.26. The summed E-state index contributed by atoms with van der Waals surface area (Å²) >= 11 is 5.70. The Labute approximate surface area is 73.0 Å². The molecule has 0 aromatic carbocycles. The van der Waals surface area contributed by atoms with Crippen molar-refractivity contribution in [2.75, 3.05) is 0 Å². The molecule has 2 rings (SSSR count). The highest BCUT2D eigenvalue weighted by Crippen LogP contribution is 2.08. The average molecular weight is 179 g/mol. The highest BCUT2D eigenvalue weighted by atomic mass is 35.5. The molecule has 0 spiro atoms. The first-order valence-corrected chi connectivity index (χ1v) is 3.59. The number of aromatic nitrogens is 3. The summed E-state index contributed by atoms with van der Waals surface area (Å²) in [5, 5.41) is 12.9. The molecule has 2 aromatic heterocycles. The Kier molecular flexibility index (Phi) is 1.45. The molecule has 0 fully saturated rings. The summed E-state index contributed by atoms with van der Waals surface area (Å²) in [5.74, 6) is 0.150. The van der Waals surface area contributed by atoms with Gasteiger partial charge in [0.15, 0.2) is 5.65 Å². The van der Waals surface area contributed by atoms with Crippen LogP contribution in [-0.2, 0) is 0 Å². The Morgan fingerprint density at radius 2 is 2.33 bits per heavy atom. The Morgan fingerprint density at radius 3 is 3.08 bits per heavy atom. The predicted molar refractivity (Wildman–Crippen MR) is 42.7 cm³/mol. The van der Waals surface area contributed by atoms with E-state index in [1.165, 1.54) is 4.52 Å². The van der Waals surface area contributed by atoms with Crippen molar-refractivity contribution >= 4 is 17.2 Å². The van der Waals surface area contributed by atoms with Gasteiger partial charge in [-0.15, -0.1) is 5.10 Å². The second kappa shape index (κ2) is 2.47. The van der Waals surface area contributed by atoms with Gasteiger partial charge in [-0.1, -0.05) is 11.6 Å². The van der Waals surface area contributed by atoms with Gasteiger partial charge in [0.1, 0.15) is 6.07 Å². The minimum absolute atomic E-state index is 0.150. The number of hydrogen-bond acceptors (Lipinski definition) is 3. The third-order valence-corrected chi connectivity index (χ3v) is 1.62. The SMILES string of the molecule is N#Cc1nc2ccc(Cl)cn2n1. The van der Waals surface area contributed by atoms with E-state index < -0.39 is 0 Å². The number of pyridine rings is 1. The maximum absolute atomic E-state index is 8.49. The monoisotopic (exact) mass is 178 g/mol. The van der Waals surface area contributed by atoms with Crippen molar-refractivity contribution in [3.05, 3.63) is 29.2 Å². The maximum Gasteiger partial charge on any atom is 0.253 e. The molecule has 0 radical (unpaired) electrons. The molecule has 2 heterocycles. The van der Waals surface area contributed by atoms with Crippen molar-refractivity contribution < 1.29 is 0 Å². The standard InChI is InChI=1S/C7H3ClN4/c8-5-1-2-7-10-6(3-9)11-12(7)4-5/h1-2,4H. The minimum atomic E-state index is 0.150. The Bertz CT molecular complexity index is 468. The number of nitrogens with zero attached hydrogens (tertiary/aromatic N) is 4. The third-order valence-electron chi connectivity index (χ3n) is 1.39. The molecule has 12 heavy (non-hydrogen) atoms. The van der Waals surface area contributed by atoms with E-state index in [0.717, 1.165) is 0 Å². The van der Waals surface area contributed by atoms with Crippen LogP contribution >= 0.6 is 11.6 Å². The molecule has 0 saturated carbocycles. The quantitative estimate of drug-likeness (QED) is 0.610. The predicted octanol–water partition coefficient (Wildman–Crippen LogP) is 1.25. The largest absolute Gasteiger partial charge is 0.253 e. The van der Waals surface area contributed by atoms with Crippen LogP contribution in [0.4, 0.5) is 0 Å². The molecule has 0 atom stereocenters. The third kappa shape index (κ3) is 1.00. The van der Waals surface area contributed by atoms with E-state index in [1.54, 1.807) is 18.3 Å². The highest BCUT2D eigenvalue weighted by molar-refractivity contribution is 6.30. The molecule has 58 valence electrons. The van der Waals surface area contributed by atoms with Crippen molar-refractivity contribution in [1.82, 2.24) is 14.6 Å². The zero-order valence-corrected chi connectivity index (χ0v) is 6.65. The van der Waals surface area contributed by atoms with Gasteiger partial charge in [-0.05, 0) is 12.1 Å². The van der Waals surface area contributed by atoms with Crippen molar-refractivity contribution in [2.24, 2.45) is 0 Å². The van der Waals surface area contributed by atoms with Gasteiger partial charge in [0.2, 0.25) is 0 Å². The lowest BCUT2D eigenvalue weighted by atomic mass is 10.5. The van der Waals surface area contributed by atoms with Gasteiger partial charge in [0.05, 0.1) is 5.02 Å². The van der Waals surface area contributed by atoms with E-state index in [0.29, 0.717) is 10.7 Å². The van der Waals surface area contributed by atoms with Crippen molar-refractivity contribution in [3.63, 3.8) is 0 Å². The zero-order valence-electron chi connectivity index (χ0n) is 5.90. The van der Waals surface area contributed by atoms with Gasteiger partial charge >= 0.3 is 0 Å². The number of fused-ring (bicyclic) bond motifs is 1. The van der Waals surface area contributed by atoms with Gasteiger partial charge in [0.25, 0.3) is 5.82 Å². The van der Waals surface area contributed by atoms with Crippen LogP contribution in [0.25, 0.3) is 5.65 Å². The second-order valence-corrected chi connectivity index (χ2v) is 2.63. The number of rotatable bonds is 0. The second-order valence-electron chi connectivity index (χ2n) is 2.20. The molecule has 0 aliphatic carbocycles. The first kappa shape index (κ1) is 7.07. The minimum Gasteiger partial charge on any atom is -0.218 e. The molecule has 0 unspecified atom stereocenters. The molecule has 2 aromatic rings. The fraction of sp³-hybridized carbons (Fsp3) is 0. The van der Waals surface area contributed by atoms with Gasteiger partial charge in [-0.3, -0.25) is 0 Å². The summed E-state index contributed by atoms with van der Waals surface area (Å²) < 4.78 is 1.47.